The number of alkyl halides is 4. The van der Waals surface area contributed by atoms with Gasteiger partial charge in [-0.2, -0.15) is 0 Å². The van der Waals surface area contributed by atoms with Gasteiger partial charge in [-0.15, -0.1) is 0 Å². The van der Waals surface area contributed by atoms with E-state index in [1.54, 1.807) is 11.8 Å². The number of hydrogen-bond acceptors (Lipinski definition) is 3. The van der Waals surface area contributed by atoms with Crippen molar-refractivity contribution in [3.63, 3.8) is 0 Å². The molecule has 2 aromatic rings. The number of ether oxygens (including phenoxy) is 2. The molecule has 0 fully saturated rings. The van der Waals surface area contributed by atoms with Crippen molar-refractivity contribution in [1.82, 2.24) is 0 Å². The molecular weight excluding hydrogens is 944 g/mol. The van der Waals surface area contributed by atoms with Crippen LogP contribution in [0.15, 0.2) is 51.9 Å². The molecule has 11 heteroatoms. The molecule has 2 nitrogen and oxygen atoms in total. The molecule has 0 saturated heterocycles. The summed E-state index contributed by atoms with van der Waals surface area (Å²) in [5, 5.41) is 1.58. The van der Waals surface area contributed by atoms with E-state index in [4.69, 9.17) is 9.47 Å². The topological polar surface area (TPSA) is 18.5 Å². The van der Waals surface area contributed by atoms with E-state index < -0.39 is 0 Å². The second-order valence-corrected chi connectivity index (χ2v) is 16.7. The van der Waals surface area contributed by atoms with E-state index in [1.165, 1.54) is 0 Å². The van der Waals surface area contributed by atoms with Crippen molar-refractivity contribution in [1.29, 1.82) is 0 Å². The van der Waals surface area contributed by atoms with Crippen molar-refractivity contribution in [3.8, 4) is 11.5 Å². The van der Waals surface area contributed by atoms with E-state index >= 15 is 0 Å². The van der Waals surface area contributed by atoms with Crippen LogP contribution in [0.5, 0.6) is 11.5 Å². The fourth-order valence-electron chi connectivity index (χ4n) is 2.13. The van der Waals surface area contributed by atoms with Crippen LogP contribution in [0.3, 0.4) is 0 Å². The Morgan fingerprint density at radius 1 is 0.677 bits per heavy atom. The summed E-state index contributed by atoms with van der Waals surface area (Å²) in [6.07, 6.45) is 0. The summed E-state index contributed by atoms with van der Waals surface area (Å²) < 4.78 is 15.4. The highest BCUT2D eigenvalue weighted by atomic mass is 79.9. The van der Waals surface area contributed by atoms with Gasteiger partial charge in [0.15, 0.2) is 0 Å². The highest BCUT2D eigenvalue weighted by molar-refractivity contribution is 9.13. The van der Waals surface area contributed by atoms with E-state index in [-0.39, 0.29) is 8.65 Å². The van der Waals surface area contributed by atoms with Gasteiger partial charge in [-0.25, -0.2) is 0 Å². The van der Waals surface area contributed by atoms with Crippen molar-refractivity contribution >= 4 is 139 Å². The van der Waals surface area contributed by atoms with E-state index in [0.717, 1.165) is 49.8 Å². The zero-order valence-electron chi connectivity index (χ0n) is 16.4. The van der Waals surface area contributed by atoms with Crippen LogP contribution in [-0.4, -0.2) is 32.5 Å². The highest BCUT2D eigenvalue weighted by Gasteiger charge is 2.22. The first kappa shape index (κ1) is 29.5. The molecule has 0 aliphatic rings. The predicted octanol–water partition coefficient (Wildman–Crippen LogP) is 10.7. The Morgan fingerprint density at radius 2 is 0.968 bits per heavy atom. The summed E-state index contributed by atoms with van der Waals surface area (Å²) in [6.45, 7) is 5.22. The Bertz CT molecular complexity index is 801. The normalized spacial score (nSPS) is 15.3. The summed E-state index contributed by atoms with van der Waals surface area (Å²) in [4.78, 5) is 2.15. The van der Waals surface area contributed by atoms with Crippen molar-refractivity contribution in [2.75, 3.05) is 23.9 Å². The molecule has 172 valence electrons. The van der Waals surface area contributed by atoms with Crippen molar-refractivity contribution in [2.45, 2.75) is 32.3 Å². The zero-order valence-corrected chi connectivity index (χ0v) is 29.9. The van der Waals surface area contributed by atoms with Gasteiger partial charge >= 0.3 is 0 Å². The van der Waals surface area contributed by atoms with Crippen molar-refractivity contribution in [3.05, 3.63) is 42.2 Å². The molecule has 0 bridgehead atoms. The smallest absolute Gasteiger partial charge is 0.147 e. The van der Waals surface area contributed by atoms with Crippen LogP contribution in [0.4, 0.5) is 0 Å². The SMILES string of the molecule is CC(Br)(CBr)COc1c(Br)cc(Sc2cc(Br)c(OCC(C)(Br)CBr)c(Br)c2)cc1Br. The molecule has 0 aromatic heterocycles. The summed E-state index contributed by atoms with van der Waals surface area (Å²) in [5.41, 5.74) is 0. The maximum atomic E-state index is 6.03. The van der Waals surface area contributed by atoms with Crippen LogP contribution in [-0.2, 0) is 0 Å². The Morgan fingerprint density at radius 3 is 1.23 bits per heavy atom. The lowest BCUT2D eigenvalue weighted by atomic mass is 10.2. The minimum absolute atomic E-state index is 0.136. The maximum absolute atomic E-state index is 6.03. The van der Waals surface area contributed by atoms with Crippen LogP contribution < -0.4 is 9.47 Å². The fraction of sp³-hybridized carbons (Fsp3) is 0.400. The van der Waals surface area contributed by atoms with Gasteiger partial charge in [0, 0.05) is 20.5 Å². The molecule has 2 rings (SSSR count). The number of rotatable bonds is 10. The third-order valence-electron chi connectivity index (χ3n) is 3.77. The van der Waals surface area contributed by atoms with Crippen LogP contribution in [0.2, 0.25) is 0 Å². The van der Waals surface area contributed by atoms with Gasteiger partial charge in [0.2, 0.25) is 0 Å². The first-order valence-electron chi connectivity index (χ1n) is 8.79. The average molecular weight is 962 g/mol. The van der Waals surface area contributed by atoms with Gasteiger partial charge in [0.05, 0.1) is 26.5 Å². The molecule has 0 heterocycles. The molecule has 2 aromatic carbocycles. The maximum Gasteiger partial charge on any atom is 0.147 e. The van der Waals surface area contributed by atoms with Crippen LogP contribution in [0.25, 0.3) is 0 Å². The second-order valence-electron chi connectivity index (χ2n) is 7.21. The molecule has 2 unspecified atom stereocenters. The summed E-state index contributed by atoms with van der Waals surface area (Å²) >= 11 is 30.5. The highest BCUT2D eigenvalue weighted by Crippen LogP contribution is 2.43. The van der Waals surface area contributed by atoms with Crippen LogP contribution >= 0.6 is 139 Å². The van der Waals surface area contributed by atoms with E-state index in [2.05, 4.69) is 166 Å². The molecule has 0 saturated carbocycles. The number of benzene rings is 2. The lowest BCUT2D eigenvalue weighted by Crippen LogP contribution is -2.27. The van der Waals surface area contributed by atoms with E-state index in [1.807, 2.05) is 0 Å². The third-order valence-corrected chi connectivity index (χ3v) is 12.1. The molecule has 2 atom stereocenters. The molecule has 0 spiro atoms. The first-order valence-corrected chi connectivity index (χ1v) is 16.6. The lowest BCUT2D eigenvalue weighted by Gasteiger charge is -2.21. The van der Waals surface area contributed by atoms with Gasteiger partial charge in [-0.3, -0.25) is 0 Å². The van der Waals surface area contributed by atoms with E-state index in [9.17, 15) is 0 Å². The largest absolute Gasteiger partial charge is 0.490 e. The second kappa shape index (κ2) is 13.0. The average Bonchev–Trinajstić information content (AvgIpc) is 2.66. The number of halogens is 8. The zero-order chi connectivity index (χ0) is 23.4. The predicted molar refractivity (Wildman–Crippen MR) is 161 cm³/mol. The van der Waals surface area contributed by atoms with Gasteiger partial charge in [0.1, 0.15) is 24.7 Å². The first-order chi connectivity index (χ1) is 14.4. The molecule has 31 heavy (non-hydrogen) atoms. The molecule has 0 amide bonds. The van der Waals surface area contributed by atoms with Crippen LogP contribution in [0, 0.1) is 0 Å². The van der Waals surface area contributed by atoms with Gasteiger partial charge in [-0.1, -0.05) is 75.5 Å². The van der Waals surface area contributed by atoms with Crippen molar-refractivity contribution < 1.29 is 9.47 Å². The third kappa shape index (κ3) is 9.32. The monoisotopic (exact) mass is 953 g/mol. The Kier molecular flexibility index (Phi) is 12.3. The Labute approximate surface area is 255 Å². The van der Waals surface area contributed by atoms with E-state index in [0.29, 0.717) is 13.2 Å². The Balaban J connectivity index is 2.17. The molecule has 0 radical (unpaired) electrons. The van der Waals surface area contributed by atoms with Gasteiger partial charge in [-0.05, 0) is 102 Å². The van der Waals surface area contributed by atoms with Gasteiger partial charge in [0.25, 0.3) is 0 Å². The minimum Gasteiger partial charge on any atom is -0.490 e. The molecule has 0 aliphatic carbocycles. The van der Waals surface area contributed by atoms with Crippen molar-refractivity contribution in [2.24, 2.45) is 0 Å². The van der Waals surface area contributed by atoms with Gasteiger partial charge < -0.3 is 9.47 Å². The fourth-order valence-corrected chi connectivity index (χ4v) is 7.09. The Hall–Kier alpha value is 2.23. The lowest BCUT2D eigenvalue weighted by molar-refractivity contribution is 0.289. The standard InChI is InChI=1S/C20H18Br8O2S/c1-19(27,7-21)9-29-17-13(23)3-11(4-14(17)24)31-12-5-15(25)18(16(26)6-12)30-10-20(2,28)8-22/h3-6H,7-10H2,1-2H3. The summed E-state index contributed by atoms with van der Waals surface area (Å²) in [6, 6.07) is 8.23. The quantitative estimate of drug-likeness (QED) is 0.221. The van der Waals surface area contributed by atoms with Crippen LogP contribution in [0.1, 0.15) is 13.8 Å². The summed E-state index contributed by atoms with van der Waals surface area (Å²) in [7, 11) is 0. The molecular formula is C20H18Br8O2S. The number of hydrogen-bond donors (Lipinski definition) is 0. The summed E-state index contributed by atoms with van der Waals surface area (Å²) in [5.74, 6) is 1.57. The molecule has 0 aliphatic heterocycles. The minimum atomic E-state index is -0.136. The molecule has 0 N–H and O–H groups in total.